The van der Waals surface area contributed by atoms with E-state index in [9.17, 15) is 19.5 Å². The first-order valence-electron chi connectivity index (χ1n) is 19.3. The van der Waals surface area contributed by atoms with Gasteiger partial charge < -0.3 is 29.5 Å². The van der Waals surface area contributed by atoms with Crippen LogP contribution in [0.1, 0.15) is 59.2 Å². The van der Waals surface area contributed by atoms with Crippen LogP contribution in [0.25, 0.3) is 11.1 Å². The summed E-state index contributed by atoms with van der Waals surface area (Å²) in [4.78, 5) is 46.5. The summed E-state index contributed by atoms with van der Waals surface area (Å²) in [5.74, 6) is -0.770. The Morgan fingerprint density at radius 2 is 1.60 bits per heavy atom. The summed E-state index contributed by atoms with van der Waals surface area (Å²) < 4.78 is 18.7. The number of imide groups is 1. The molecule has 294 valence electrons. The van der Waals surface area contributed by atoms with Gasteiger partial charge in [-0.2, -0.15) is 0 Å². The smallest absolute Gasteiger partial charge is 0.408 e. The highest BCUT2D eigenvalue weighted by molar-refractivity contribution is 6.06. The summed E-state index contributed by atoms with van der Waals surface area (Å²) in [5, 5.41) is 12.2. The molecule has 2 N–H and O–H groups in total. The molecule has 2 aliphatic heterocycles. The molecule has 0 bridgehead atoms. The average molecular weight is 769 g/mol. The molecule has 7 rings (SSSR count). The fourth-order valence-corrected chi connectivity index (χ4v) is 7.31. The van der Waals surface area contributed by atoms with Gasteiger partial charge in [0.2, 0.25) is 5.91 Å². The van der Waals surface area contributed by atoms with E-state index in [1.54, 1.807) is 0 Å². The van der Waals surface area contributed by atoms with Crippen LogP contribution >= 0.6 is 0 Å². The lowest BCUT2D eigenvalue weighted by molar-refractivity contribution is -0.275. The molecule has 0 radical (unpaired) electrons. The van der Waals surface area contributed by atoms with Gasteiger partial charge in [0.1, 0.15) is 12.6 Å². The lowest BCUT2D eigenvalue weighted by Gasteiger charge is -2.42. The highest BCUT2D eigenvalue weighted by atomic mass is 16.7. The minimum Gasteiger partial charge on any atom is -0.445 e. The number of alkyl carbamates (subject to hydrolysis) is 1. The number of amides is 3. The summed E-state index contributed by atoms with van der Waals surface area (Å²) in [6, 6.07) is 37.9. The van der Waals surface area contributed by atoms with E-state index in [1.807, 2.05) is 128 Å². The van der Waals surface area contributed by atoms with Gasteiger partial charge in [-0.25, -0.2) is 4.79 Å². The van der Waals surface area contributed by atoms with Crippen molar-refractivity contribution in [3.8, 4) is 11.1 Å². The molecule has 5 aromatic rings. The number of carbonyl (C=O) groups excluding carboxylic acids is 3. The molecule has 1 unspecified atom stereocenters. The lowest BCUT2D eigenvalue weighted by atomic mass is 9.90. The van der Waals surface area contributed by atoms with Crippen molar-refractivity contribution in [2.75, 3.05) is 20.1 Å². The zero-order valence-corrected chi connectivity index (χ0v) is 32.2. The zero-order chi connectivity index (χ0) is 39.7. The molecule has 11 nitrogen and oxygen atoms in total. The zero-order valence-electron chi connectivity index (χ0n) is 32.2. The van der Waals surface area contributed by atoms with Gasteiger partial charge in [0.15, 0.2) is 6.29 Å². The van der Waals surface area contributed by atoms with Crippen LogP contribution in [-0.2, 0) is 50.0 Å². The van der Waals surface area contributed by atoms with E-state index >= 15 is 0 Å². The first-order valence-corrected chi connectivity index (χ1v) is 19.3. The van der Waals surface area contributed by atoms with E-state index < -0.39 is 24.3 Å². The Balaban J connectivity index is 1.01. The van der Waals surface area contributed by atoms with Gasteiger partial charge in [-0.15, -0.1) is 0 Å². The lowest BCUT2D eigenvalue weighted by Crippen LogP contribution is -2.43. The fraction of sp³-hybridized carbons (Fsp3) is 0.304. The van der Waals surface area contributed by atoms with E-state index in [0.29, 0.717) is 6.54 Å². The molecule has 3 amide bonds. The maximum atomic E-state index is 13.2. The number of ether oxygens (including phenoxy) is 3. The number of carbonyl (C=O) groups is 3. The molecule has 4 aromatic carbocycles. The van der Waals surface area contributed by atoms with Crippen molar-refractivity contribution in [2.45, 2.75) is 64.1 Å². The minimum atomic E-state index is -0.977. The molecule has 57 heavy (non-hydrogen) atoms. The van der Waals surface area contributed by atoms with Crippen LogP contribution in [0.5, 0.6) is 0 Å². The second kappa shape index (κ2) is 18.5. The summed E-state index contributed by atoms with van der Waals surface area (Å²) in [6.07, 6.45) is 0.824. The molecule has 0 spiro atoms. The number of aromatic nitrogens is 1. The van der Waals surface area contributed by atoms with Crippen LogP contribution in [0.15, 0.2) is 128 Å². The van der Waals surface area contributed by atoms with E-state index in [-0.39, 0.29) is 50.2 Å². The highest BCUT2D eigenvalue weighted by Crippen LogP contribution is 2.42. The van der Waals surface area contributed by atoms with E-state index in [4.69, 9.17) is 14.2 Å². The normalized spacial score (nSPS) is 20.8. The van der Waals surface area contributed by atoms with Gasteiger partial charge >= 0.3 is 6.09 Å². The molecule has 2 fully saturated rings. The quantitative estimate of drug-likeness (QED) is 0.118. The number of benzene rings is 4. The second-order valence-electron chi connectivity index (χ2n) is 14.8. The SMILES string of the molecule is C[C@H]1[C@@H](CN(C)CCc2ccccn2)O[C@@H](c2ccc(-c3cccc(CN4C(=O)CC(NC(=O)OCc5ccccc5)C4=O)c3)cc2)O[C@H]1c1ccc(CO)cc1. The van der Waals surface area contributed by atoms with Gasteiger partial charge in [0.05, 0.1) is 31.8 Å². The van der Waals surface area contributed by atoms with Gasteiger partial charge in [-0.05, 0) is 58.6 Å². The number of hydrogen-bond donors (Lipinski definition) is 2. The Morgan fingerprint density at radius 1 is 0.860 bits per heavy atom. The third-order valence-electron chi connectivity index (χ3n) is 10.6. The van der Waals surface area contributed by atoms with Gasteiger partial charge in [0.25, 0.3) is 5.91 Å². The molecule has 2 aliphatic rings. The number of hydrogen-bond acceptors (Lipinski definition) is 9. The van der Waals surface area contributed by atoms with Crippen LogP contribution in [0, 0.1) is 5.92 Å². The van der Waals surface area contributed by atoms with Crippen LogP contribution < -0.4 is 5.32 Å². The Morgan fingerprint density at radius 3 is 2.33 bits per heavy atom. The van der Waals surface area contributed by atoms with Gasteiger partial charge in [-0.1, -0.05) is 110 Å². The average Bonchev–Trinajstić information content (AvgIpc) is 3.50. The first kappa shape index (κ1) is 39.5. The van der Waals surface area contributed by atoms with Gasteiger partial charge in [0, 0.05) is 42.9 Å². The van der Waals surface area contributed by atoms with E-state index in [1.165, 1.54) is 4.90 Å². The van der Waals surface area contributed by atoms with Crippen LogP contribution in [-0.4, -0.2) is 70.1 Å². The first-order chi connectivity index (χ1) is 27.7. The highest BCUT2D eigenvalue weighted by Gasteiger charge is 2.40. The van der Waals surface area contributed by atoms with Crippen molar-refractivity contribution in [3.63, 3.8) is 0 Å². The topological polar surface area (TPSA) is 131 Å². The minimum absolute atomic E-state index is 0.0214. The fourth-order valence-electron chi connectivity index (χ4n) is 7.31. The maximum absolute atomic E-state index is 13.2. The molecular formula is C46H48N4O7. The molecule has 1 aromatic heterocycles. The van der Waals surface area contributed by atoms with Crippen LogP contribution in [0.3, 0.4) is 0 Å². The molecule has 3 heterocycles. The number of aliphatic hydroxyl groups is 1. The number of aliphatic hydroxyl groups excluding tert-OH is 1. The molecule has 0 aliphatic carbocycles. The number of rotatable bonds is 14. The number of likely N-dealkylation sites (N-methyl/N-ethyl adjacent to an activating group) is 1. The molecule has 0 saturated carbocycles. The maximum Gasteiger partial charge on any atom is 0.408 e. The number of likely N-dealkylation sites (tertiary alicyclic amines) is 1. The molecule has 2 saturated heterocycles. The van der Waals surface area contributed by atoms with Crippen molar-refractivity contribution in [1.29, 1.82) is 0 Å². The third kappa shape index (κ3) is 10.00. The largest absolute Gasteiger partial charge is 0.445 e. The predicted molar refractivity (Wildman–Crippen MR) is 214 cm³/mol. The van der Waals surface area contributed by atoms with Gasteiger partial charge in [-0.3, -0.25) is 19.5 Å². The van der Waals surface area contributed by atoms with Crippen molar-refractivity contribution in [3.05, 3.63) is 161 Å². The third-order valence-corrected chi connectivity index (χ3v) is 10.6. The Hall–Kier alpha value is -5.72. The van der Waals surface area contributed by atoms with Crippen molar-refractivity contribution >= 4 is 17.9 Å². The Labute approximate surface area is 333 Å². The van der Waals surface area contributed by atoms with Crippen molar-refractivity contribution < 1.29 is 33.7 Å². The van der Waals surface area contributed by atoms with E-state index in [2.05, 4.69) is 29.2 Å². The predicted octanol–water partition coefficient (Wildman–Crippen LogP) is 6.76. The summed E-state index contributed by atoms with van der Waals surface area (Å²) >= 11 is 0. The monoisotopic (exact) mass is 768 g/mol. The van der Waals surface area contributed by atoms with Crippen molar-refractivity contribution in [1.82, 2.24) is 20.1 Å². The second-order valence-corrected chi connectivity index (χ2v) is 14.8. The summed E-state index contributed by atoms with van der Waals surface area (Å²) in [7, 11) is 2.10. The standard InChI is InChI=1S/C46H48N4O7/c1-31-41(28-49(2)24-22-39-13-6-7-23-47-39)56-45(57-43(31)36-16-14-32(29-51)15-17-36)37-20-18-35(19-21-37)38-12-8-11-34(25-38)27-50-42(52)26-40(44(50)53)48-46(54)55-30-33-9-4-3-5-10-33/h3-21,23,25,31,40-41,43,45,51H,22,24,26-30H2,1-2H3,(H,48,54)/t31-,40?,41+,43+,45+/m0/s1. The number of nitrogens with one attached hydrogen (secondary N) is 1. The van der Waals surface area contributed by atoms with Crippen LogP contribution in [0.4, 0.5) is 4.79 Å². The van der Waals surface area contributed by atoms with E-state index in [0.717, 1.165) is 57.6 Å². The number of nitrogens with zero attached hydrogens (tertiary/aromatic N) is 3. The molecular weight excluding hydrogens is 721 g/mol. The molecule has 11 heteroatoms. The van der Waals surface area contributed by atoms with Crippen molar-refractivity contribution in [2.24, 2.45) is 5.92 Å². The Kier molecular flexibility index (Phi) is 12.8. The summed E-state index contributed by atoms with van der Waals surface area (Å²) in [6.45, 7) is 3.83. The Bertz CT molecular complexity index is 2120. The molecule has 5 atom stereocenters. The van der Waals surface area contributed by atoms with Crippen LogP contribution in [0.2, 0.25) is 0 Å². The summed E-state index contributed by atoms with van der Waals surface area (Å²) in [5.41, 5.74) is 7.28. The number of pyridine rings is 1.